The van der Waals surface area contributed by atoms with Gasteiger partial charge in [0.2, 0.25) is 5.91 Å². The zero-order valence-corrected chi connectivity index (χ0v) is 14.6. The van der Waals surface area contributed by atoms with Gasteiger partial charge in [-0.1, -0.05) is 0 Å². The number of carbonyl (C=O) groups excluding carboxylic acids is 1. The molecule has 2 aromatic rings. The zero-order valence-electron chi connectivity index (χ0n) is 14.6. The second kappa shape index (κ2) is 7.81. The Morgan fingerprint density at radius 2 is 2.28 bits per heavy atom. The standard InChI is InChI=1S/C17H24N4O4/c1-20(2)6-7-21-14-9-12(3-4-15(14)25-17(21)23)19-16(22)10-13-11-24-8-5-18-13/h3-4,9,13,18H,5-8,10-11H2,1-2H3,(H,19,22). The van der Waals surface area contributed by atoms with Crippen molar-refractivity contribution in [2.45, 2.75) is 19.0 Å². The van der Waals surface area contributed by atoms with Crippen LogP contribution in [-0.4, -0.2) is 61.8 Å². The maximum Gasteiger partial charge on any atom is 0.419 e. The summed E-state index contributed by atoms with van der Waals surface area (Å²) in [7, 11) is 3.89. The van der Waals surface area contributed by atoms with Gasteiger partial charge in [0.15, 0.2) is 5.58 Å². The quantitative estimate of drug-likeness (QED) is 0.789. The summed E-state index contributed by atoms with van der Waals surface area (Å²) in [5.74, 6) is -0.475. The van der Waals surface area contributed by atoms with Crippen molar-refractivity contribution in [2.24, 2.45) is 0 Å². The first-order valence-corrected chi connectivity index (χ1v) is 8.42. The lowest BCUT2D eigenvalue weighted by molar-refractivity contribution is -0.117. The van der Waals surface area contributed by atoms with Gasteiger partial charge in [-0.3, -0.25) is 9.36 Å². The summed E-state index contributed by atoms with van der Waals surface area (Å²) in [6.07, 6.45) is 0.344. The third-order valence-electron chi connectivity index (χ3n) is 4.15. The number of oxazole rings is 1. The second-order valence-corrected chi connectivity index (χ2v) is 6.48. The largest absolute Gasteiger partial charge is 0.419 e. The lowest BCUT2D eigenvalue weighted by Gasteiger charge is -2.23. The molecule has 1 aromatic carbocycles. The van der Waals surface area contributed by atoms with Crippen LogP contribution in [0.2, 0.25) is 0 Å². The minimum absolute atomic E-state index is 0.0321. The fourth-order valence-corrected chi connectivity index (χ4v) is 2.84. The van der Waals surface area contributed by atoms with E-state index in [9.17, 15) is 9.59 Å². The molecule has 0 radical (unpaired) electrons. The summed E-state index contributed by atoms with van der Waals surface area (Å²) >= 11 is 0. The van der Waals surface area contributed by atoms with Crippen molar-refractivity contribution in [1.29, 1.82) is 0 Å². The highest BCUT2D eigenvalue weighted by Gasteiger charge is 2.17. The Morgan fingerprint density at radius 3 is 3.00 bits per heavy atom. The molecule has 0 saturated carbocycles. The Balaban J connectivity index is 1.72. The predicted molar refractivity (Wildman–Crippen MR) is 94.9 cm³/mol. The summed E-state index contributed by atoms with van der Waals surface area (Å²) in [6, 6.07) is 5.26. The van der Waals surface area contributed by atoms with Crippen LogP contribution in [0, 0.1) is 0 Å². The summed E-state index contributed by atoms with van der Waals surface area (Å²) in [4.78, 5) is 26.2. The Hall–Kier alpha value is -2.16. The highest BCUT2D eigenvalue weighted by molar-refractivity contribution is 5.93. The van der Waals surface area contributed by atoms with E-state index in [1.54, 1.807) is 22.8 Å². The molecule has 0 bridgehead atoms. The third-order valence-corrected chi connectivity index (χ3v) is 4.15. The van der Waals surface area contributed by atoms with Gasteiger partial charge in [-0.15, -0.1) is 0 Å². The number of ether oxygens (including phenoxy) is 1. The van der Waals surface area contributed by atoms with Crippen molar-refractivity contribution in [2.75, 3.05) is 45.7 Å². The van der Waals surface area contributed by atoms with Crippen LogP contribution < -0.4 is 16.4 Å². The minimum Gasteiger partial charge on any atom is -0.408 e. The molecule has 1 atom stereocenters. The molecule has 8 heteroatoms. The van der Waals surface area contributed by atoms with Crippen LogP contribution in [0.1, 0.15) is 6.42 Å². The molecule has 1 aliphatic heterocycles. The molecular weight excluding hydrogens is 324 g/mol. The van der Waals surface area contributed by atoms with Gasteiger partial charge in [0.25, 0.3) is 0 Å². The van der Waals surface area contributed by atoms with E-state index < -0.39 is 0 Å². The monoisotopic (exact) mass is 348 g/mol. The van der Waals surface area contributed by atoms with Crippen molar-refractivity contribution in [3.05, 3.63) is 28.7 Å². The van der Waals surface area contributed by atoms with E-state index in [0.29, 0.717) is 43.0 Å². The van der Waals surface area contributed by atoms with Crippen molar-refractivity contribution in [3.63, 3.8) is 0 Å². The maximum atomic E-state index is 12.2. The molecule has 1 unspecified atom stereocenters. The summed E-state index contributed by atoms with van der Waals surface area (Å²) < 4.78 is 12.2. The van der Waals surface area contributed by atoms with E-state index in [1.165, 1.54) is 0 Å². The van der Waals surface area contributed by atoms with E-state index in [-0.39, 0.29) is 17.7 Å². The number of benzene rings is 1. The predicted octanol–water partition coefficient (Wildman–Crippen LogP) is 0.473. The molecule has 3 rings (SSSR count). The molecule has 0 aliphatic carbocycles. The van der Waals surface area contributed by atoms with Gasteiger partial charge < -0.3 is 24.7 Å². The average molecular weight is 348 g/mol. The molecule has 0 spiro atoms. The summed E-state index contributed by atoms with van der Waals surface area (Å²) in [5, 5.41) is 6.13. The van der Waals surface area contributed by atoms with E-state index in [4.69, 9.17) is 9.15 Å². The van der Waals surface area contributed by atoms with Gasteiger partial charge >= 0.3 is 5.76 Å². The SMILES string of the molecule is CN(C)CCn1c(=O)oc2ccc(NC(=O)CC3COCCN3)cc21. The molecule has 2 N–H and O–H groups in total. The number of aromatic nitrogens is 1. The number of hydrogen-bond acceptors (Lipinski definition) is 6. The van der Waals surface area contributed by atoms with Crippen LogP contribution in [0.5, 0.6) is 0 Å². The van der Waals surface area contributed by atoms with Gasteiger partial charge in [-0.05, 0) is 32.3 Å². The Kier molecular flexibility index (Phi) is 5.52. The zero-order chi connectivity index (χ0) is 17.8. The minimum atomic E-state index is -0.385. The fraction of sp³-hybridized carbons (Fsp3) is 0.529. The number of nitrogens with zero attached hydrogens (tertiary/aromatic N) is 2. The Morgan fingerprint density at radius 1 is 1.44 bits per heavy atom. The van der Waals surface area contributed by atoms with Gasteiger partial charge in [0, 0.05) is 37.8 Å². The van der Waals surface area contributed by atoms with Crippen molar-refractivity contribution < 1.29 is 13.9 Å². The fourth-order valence-electron chi connectivity index (χ4n) is 2.84. The van der Waals surface area contributed by atoms with E-state index in [0.717, 1.165) is 13.1 Å². The van der Waals surface area contributed by atoms with Gasteiger partial charge in [0.05, 0.1) is 18.7 Å². The number of hydrogen-bond donors (Lipinski definition) is 2. The lowest BCUT2D eigenvalue weighted by Crippen LogP contribution is -2.43. The van der Waals surface area contributed by atoms with Crippen LogP contribution in [-0.2, 0) is 16.1 Å². The first-order chi connectivity index (χ1) is 12.0. The third kappa shape index (κ3) is 4.47. The first kappa shape index (κ1) is 17.7. The van der Waals surface area contributed by atoms with Crippen LogP contribution >= 0.6 is 0 Å². The molecule has 1 saturated heterocycles. The summed E-state index contributed by atoms with van der Waals surface area (Å²) in [5.41, 5.74) is 1.85. The lowest BCUT2D eigenvalue weighted by atomic mass is 10.2. The number of morpholine rings is 1. The topological polar surface area (TPSA) is 88.7 Å². The van der Waals surface area contributed by atoms with Crippen LogP contribution in [0.4, 0.5) is 5.69 Å². The van der Waals surface area contributed by atoms with Crippen molar-refractivity contribution >= 4 is 22.7 Å². The van der Waals surface area contributed by atoms with Gasteiger partial charge in [-0.2, -0.15) is 0 Å². The molecule has 1 aliphatic rings. The maximum absolute atomic E-state index is 12.2. The number of likely N-dealkylation sites (N-methyl/N-ethyl adjacent to an activating group) is 1. The molecule has 25 heavy (non-hydrogen) atoms. The highest BCUT2D eigenvalue weighted by atomic mass is 16.5. The normalized spacial score (nSPS) is 18.0. The number of carbonyl (C=O) groups is 1. The number of nitrogens with one attached hydrogen (secondary N) is 2. The smallest absolute Gasteiger partial charge is 0.408 e. The van der Waals surface area contributed by atoms with Crippen molar-refractivity contribution in [1.82, 2.24) is 14.8 Å². The molecule has 136 valence electrons. The van der Waals surface area contributed by atoms with Crippen molar-refractivity contribution in [3.8, 4) is 0 Å². The number of anilines is 1. The molecule has 8 nitrogen and oxygen atoms in total. The van der Waals surface area contributed by atoms with Crippen LogP contribution in [0.25, 0.3) is 11.1 Å². The van der Waals surface area contributed by atoms with Gasteiger partial charge in [-0.25, -0.2) is 4.79 Å². The Labute approximate surface area is 145 Å². The molecular formula is C17H24N4O4. The number of rotatable bonds is 6. The Bertz CT molecular complexity index is 790. The van der Waals surface area contributed by atoms with E-state index >= 15 is 0 Å². The second-order valence-electron chi connectivity index (χ2n) is 6.48. The first-order valence-electron chi connectivity index (χ1n) is 8.42. The highest BCUT2D eigenvalue weighted by Crippen LogP contribution is 2.19. The molecule has 1 amide bonds. The molecule has 2 heterocycles. The summed E-state index contributed by atoms with van der Waals surface area (Å²) in [6.45, 7) is 3.23. The average Bonchev–Trinajstić information content (AvgIpc) is 2.88. The van der Waals surface area contributed by atoms with E-state index in [1.807, 2.05) is 19.0 Å². The van der Waals surface area contributed by atoms with E-state index in [2.05, 4.69) is 10.6 Å². The van der Waals surface area contributed by atoms with Crippen LogP contribution in [0.3, 0.4) is 0 Å². The number of fused-ring (bicyclic) bond motifs is 1. The molecule has 1 fully saturated rings. The van der Waals surface area contributed by atoms with Gasteiger partial charge in [0.1, 0.15) is 0 Å². The number of amides is 1. The van der Waals surface area contributed by atoms with Crippen LogP contribution in [0.15, 0.2) is 27.4 Å². The molecule has 1 aromatic heterocycles.